The molecule has 1 fully saturated rings. The van der Waals surface area contributed by atoms with Crippen molar-refractivity contribution in [1.29, 1.82) is 0 Å². The van der Waals surface area contributed by atoms with Gasteiger partial charge < -0.3 is 30.1 Å². The molecule has 1 aliphatic rings. The first-order valence-corrected chi connectivity index (χ1v) is 12.6. The molecule has 1 atom stereocenters. The number of halogens is 1. The van der Waals surface area contributed by atoms with E-state index in [-0.39, 0.29) is 35.7 Å². The number of aromatic nitrogens is 1. The molecule has 0 saturated carbocycles. The van der Waals surface area contributed by atoms with Crippen LogP contribution in [0.15, 0.2) is 66.9 Å². The number of phenols is 2. The maximum atomic E-state index is 10.7. The molecule has 9 nitrogen and oxygen atoms in total. The quantitative estimate of drug-likeness (QED) is 0.276. The Bertz CT molecular complexity index is 1180. The Kier molecular flexibility index (Phi) is 10.9. The van der Waals surface area contributed by atoms with Crippen molar-refractivity contribution in [2.75, 3.05) is 19.6 Å². The number of aromatic hydroxyl groups is 2. The predicted octanol–water partition coefficient (Wildman–Crippen LogP) is 4.97. The lowest BCUT2D eigenvalue weighted by atomic mass is 10.0. The summed E-state index contributed by atoms with van der Waals surface area (Å²) in [5.74, 6) is -2.52. The second kappa shape index (κ2) is 14.3. The molecule has 1 aromatic heterocycles. The number of rotatable bonds is 9. The van der Waals surface area contributed by atoms with Crippen LogP contribution in [0.5, 0.6) is 11.5 Å². The minimum Gasteiger partial charge on any atom is -0.508 e. The number of likely N-dealkylation sites (tertiary alicyclic amines) is 1. The van der Waals surface area contributed by atoms with Crippen molar-refractivity contribution in [1.82, 2.24) is 9.88 Å². The summed E-state index contributed by atoms with van der Waals surface area (Å²) >= 11 is 6.03. The van der Waals surface area contributed by atoms with Crippen LogP contribution in [-0.4, -0.2) is 68.0 Å². The number of aromatic carboxylic acids is 1. The van der Waals surface area contributed by atoms with Crippen LogP contribution in [0.2, 0.25) is 5.02 Å². The Morgan fingerprint density at radius 3 is 2.32 bits per heavy atom. The van der Waals surface area contributed by atoms with Crippen molar-refractivity contribution in [2.45, 2.75) is 37.9 Å². The topological polar surface area (TPSA) is 140 Å². The maximum Gasteiger partial charge on any atom is 0.339 e. The zero-order valence-corrected chi connectivity index (χ0v) is 21.5. The highest BCUT2D eigenvalue weighted by molar-refractivity contribution is 6.30. The molecule has 4 rings (SSSR count). The number of pyridine rings is 1. The predicted molar refractivity (Wildman–Crippen MR) is 142 cm³/mol. The number of carboxylic acids is 2. The average Bonchev–Trinajstić information content (AvgIpc) is 2.91. The summed E-state index contributed by atoms with van der Waals surface area (Å²) in [6.07, 6.45) is 4.52. The van der Waals surface area contributed by atoms with Crippen LogP contribution >= 0.6 is 11.6 Å². The van der Waals surface area contributed by atoms with Gasteiger partial charge in [0.25, 0.3) is 0 Å². The van der Waals surface area contributed by atoms with Gasteiger partial charge >= 0.3 is 11.9 Å². The number of aliphatic carboxylic acids is 1. The van der Waals surface area contributed by atoms with Gasteiger partial charge in [-0.25, -0.2) is 4.79 Å². The van der Waals surface area contributed by atoms with E-state index in [0.717, 1.165) is 55.9 Å². The number of hydrogen-bond donors (Lipinski definition) is 4. The van der Waals surface area contributed by atoms with Crippen LogP contribution in [0.1, 0.15) is 53.4 Å². The third-order valence-corrected chi connectivity index (χ3v) is 6.32. The number of ether oxygens (including phenoxy) is 1. The van der Waals surface area contributed by atoms with Crippen molar-refractivity contribution in [3.63, 3.8) is 0 Å². The Morgan fingerprint density at radius 2 is 1.74 bits per heavy atom. The van der Waals surface area contributed by atoms with Gasteiger partial charge in [-0.3, -0.25) is 9.78 Å². The number of carbonyl (C=O) groups is 2. The van der Waals surface area contributed by atoms with Gasteiger partial charge in [-0.15, -0.1) is 0 Å². The normalized spacial score (nSPS) is 14.8. The third kappa shape index (κ3) is 9.02. The second-order valence-electron chi connectivity index (χ2n) is 8.87. The molecule has 2 heterocycles. The average molecular weight is 543 g/mol. The number of piperidine rings is 1. The molecular formula is C28H31ClN2O7. The van der Waals surface area contributed by atoms with E-state index in [2.05, 4.69) is 9.88 Å². The fourth-order valence-corrected chi connectivity index (χ4v) is 4.22. The lowest BCUT2D eigenvalue weighted by Gasteiger charge is -2.34. The SMILES string of the molecule is O=C(O)CCCN1CCC(O[C@@H](c2ccc(Cl)cc2)c2ccccn2)CC1.O=C(O)c1cc(O)ccc1O. The van der Waals surface area contributed by atoms with E-state index in [1.807, 2.05) is 42.5 Å². The summed E-state index contributed by atoms with van der Waals surface area (Å²) in [4.78, 5) is 27.8. The summed E-state index contributed by atoms with van der Waals surface area (Å²) in [5, 5.41) is 35.6. The summed E-state index contributed by atoms with van der Waals surface area (Å²) in [5.41, 5.74) is 1.63. The Balaban J connectivity index is 0.000000304. The van der Waals surface area contributed by atoms with Gasteiger partial charge in [0.15, 0.2) is 0 Å². The highest BCUT2D eigenvalue weighted by Crippen LogP contribution is 2.30. The van der Waals surface area contributed by atoms with Gasteiger partial charge in [-0.2, -0.15) is 0 Å². The molecule has 4 N–H and O–H groups in total. The molecular weight excluding hydrogens is 512 g/mol. The van der Waals surface area contributed by atoms with Crippen molar-refractivity contribution in [2.24, 2.45) is 0 Å². The molecule has 0 radical (unpaired) electrons. The molecule has 1 saturated heterocycles. The first kappa shape index (κ1) is 28.9. The van der Waals surface area contributed by atoms with Crippen LogP contribution in [0, 0.1) is 0 Å². The van der Waals surface area contributed by atoms with Crippen molar-refractivity contribution in [3.8, 4) is 11.5 Å². The largest absolute Gasteiger partial charge is 0.508 e. The molecule has 2 aromatic carbocycles. The van der Waals surface area contributed by atoms with E-state index in [1.54, 1.807) is 6.20 Å². The number of hydrogen-bond acceptors (Lipinski definition) is 7. The molecule has 0 amide bonds. The van der Waals surface area contributed by atoms with E-state index in [0.29, 0.717) is 11.4 Å². The lowest BCUT2D eigenvalue weighted by Crippen LogP contribution is -2.38. The summed E-state index contributed by atoms with van der Waals surface area (Å²) in [6.45, 7) is 2.69. The van der Waals surface area contributed by atoms with Crippen LogP contribution in [0.3, 0.4) is 0 Å². The standard InChI is InChI=1S/C21H25ClN2O3.C7H6O4/c22-17-8-6-16(7-9-17)21(19-4-1-2-12-23-19)27-18-10-14-24(15-11-18)13-3-5-20(25)26;8-4-1-2-6(9)5(3-4)7(10)11/h1-2,4,6-9,12,18,21H,3,5,10-11,13-15H2,(H,25,26);1-3,8-9H,(H,10,11)/t21-;/m0./s1. The van der Waals surface area contributed by atoms with Crippen molar-refractivity contribution < 1.29 is 34.8 Å². The monoisotopic (exact) mass is 542 g/mol. The Hall–Kier alpha value is -3.66. The Morgan fingerprint density at radius 1 is 1.03 bits per heavy atom. The van der Waals surface area contributed by atoms with Gasteiger partial charge in [-0.1, -0.05) is 29.8 Å². The van der Waals surface area contributed by atoms with Gasteiger partial charge in [0, 0.05) is 30.7 Å². The molecule has 0 unspecified atom stereocenters. The van der Waals surface area contributed by atoms with E-state index in [1.165, 1.54) is 6.07 Å². The zero-order chi connectivity index (χ0) is 27.5. The maximum absolute atomic E-state index is 10.7. The molecule has 202 valence electrons. The van der Waals surface area contributed by atoms with Gasteiger partial charge in [0.1, 0.15) is 23.2 Å². The molecule has 38 heavy (non-hydrogen) atoms. The molecule has 10 heteroatoms. The van der Waals surface area contributed by atoms with E-state index in [4.69, 9.17) is 36.8 Å². The fourth-order valence-electron chi connectivity index (χ4n) is 4.10. The highest BCUT2D eigenvalue weighted by atomic mass is 35.5. The molecule has 0 spiro atoms. The second-order valence-corrected chi connectivity index (χ2v) is 9.30. The van der Waals surface area contributed by atoms with Gasteiger partial charge in [0.05, 0.1) is 11.8 Å². The third-order valence-electron chi connectivity index (χ3n) is 6.07. The van der Waals surface area contributed by atoms with Crippen LogP contribution in [0.25, 0.3) is 0 Å². The number of benzene rings is 2. The minimum atomic E-state index is -1.27. The lowest BCUT2D eigenvalue weighted by molar-refractivity contribution is -0.137. The van der Waals surface area contributed by atoms with E-state index >= 15 is 0 Å². The van der Waals surface area contributed by atoms with Gasteiger partial charge in [0.2, 0.25) is 0 Å². The Labute approximate surface area is 225 Å². The van der Waals surface area contributed by atoms with Crippen molar-refractivity contribution in [3.05, 3.63) is 88.7 Å². The zero-order valence-electron chi connectivity index (χ0n) is 20.7. The molecule has 0 aliphatic carbocycles. The molecule has 0 bridgehead atoms. The first-order chi connectivity index (χ1) is 18.2. The molecule has 3 aromatic rings. The van der Waals surface area contributed by atoms with Crippen LogP contribution in [-0.2, 0) is 9.53 Å². The highest BCUT2D eigenvalue weighted by Gasteiger charge is 2.25. The fraction of sp³-hybridized carbons (Fsp3) is 0.321. The van der Waals surface area contributed by atoms with E-state index in [9.17, 15) is 9.59 Å². The summed E-state index contributed by atoms with van der Waals surface area (Å²) < 4.78 is 6.47. The number of carboxylic acid groups (broad SMARTS) is 2. The van der Waals surface area contributed by atoms with Crippen LogP contribution in [0.4, 0.5) is 0 Å². The van der Waals surface area contributed by atoms with Crippen molar-refractivity contribution >= 4 is 23.5 Å². The first-order valence-electron chi connectivity index (χ1n) is 12.2. The van der Waals surface area contributed by atoms with Gasteiger partial charge in [-0.05, 0) is 73.8 Å². The number of nitrogens with zero attached hydrogens (tertiary/aromatic N) is 2. The smallest absolute Gasteiger partial charge is 0.339 e. The summed E-state index contributed by atoms with van der Waals surface area (Å²) in [7, 11) is 0. The van der Waals surface area contributed by atoms with E-state index < -0.39 is 11.9 Å². The number of phenolic OH excluding ortho intramolecular Hbond substituents is 1. The minimum absolute atomic E-state index is 0.156. The molecule has 1 aliphatic heterocycles. The van der Waals surface area contributed by atoms with Crippen LogP contribution < -0.4 is 0 Å². The summed E-state index contributed by atoms with van der Waals surface area (Å²) in [6, 6.07) is 16.9.